The van der Waals surface area contributed by atoms with E-state index in [0.717, 1.165) is 50.6 Å². The maximum Gasteiger partial charge on any atom is 0.317 e. The molecule has 0 radical (unpaired) electrons. The second-order valence-electron chi connectivity index (χ2n) is 7.88. The van der Waals surface area contributed by atoms with Crippen LogP contribution in [0.4, 0.5) is 4.79 Å². The first-order chi connectivity index (χ1) is 11.7. The molecule has 0 aromatic carbocycles. The first-order valence-corrected chi connectivity index (χ1v) is 9.44. The number of rotatable bonds is 4. The van der Waals surface area contributed by atoms with Gasteiger partial charge in [-0.3, -0.25) is 4.90 Å². The summed E-state index contributed by atoms with van der Waals surface area (Å²) >= 11 is 0. The summed E-state index contributed by atoms with van der Waals surface area (Å²) < 4.78 is 2.00. The number of fused-ring (bicyclic) bond motifs is 2. The first-order valence-electron chi connectivity index (χ1n) is 9.44. The van der Waals surface area contributed by atoms with Gasteiger partial charge in [-0.05, 0) is 38.0 Å². The third-order valence-electron chi connectivity index (χ3n) is 6.19. The number of hydrogen-bond donors (Lipinski definition) is 1. The van der Waals surface area contributed by atoms with E-state index in [-0.39, 0.29) is 12.1 Å². The van der Waals surface area contributed by atoms with Gasteiger partial charge in [0.05, 0.1) is 6.33 Å². The van der Waals surface area contributed by atoms with E-state index in [1.54, 1.807) is 12.5 Å². The van der Waals surface area contributed by atoms with Gasteiger partial charge in [0.2, 0.25) is 0 Å². The van der Waals surface area contributed by atoms with Gasteiger partial charge in [-0.1, -0.05) is 6.42 Å². The van der Waals surface area contributed by atoms with Crippen LogP contribution in [0.3, 0.4) is 0 Å². The number of carbonyl (C=O) groups excluding carboxylic acids is 1. The Labute approximate surface area is 144 Å². The summed E-state index contributed by atoms with van der Waals surface area (Å²) in [6.45, 7) is 6.60. The van der Waals surface area contributed by atoms with Gasteiger partial charge in [-0.25, -0.2) is 9.78 Å². The number of aromatic nitrogens is 2. The Morgan fingerprint density at radius 1 is 1.25 bits per heavy atom. The molecule has 2 saturated carbocycles. The van der Waals surface area contributed by atoms with Gasteiger partial charge < -0.3 is 14.8 Å². The highest BCUT2D eigenvalue weighted by Gasteiger charge is 2.42. The highest BCUT2D eigenvalue weighted by atomic mass is 16.2. The van der Waals surface area contributed by atoms with Crippen molar-refractivity contribution in [3.63, 3.8) is 0 Å². The van der Waals surface area contributed by atoms with E-state index in [2.05, 4.69) is 15.2 Å². The number of nitrogens with zero attached hydrogens (tertiary/aromatic N) is 4. The predicted molar refractivity (Wildman–Crippen MR) is 92.6 cm³/mol. The molecule has 0 spiro atoms. The van der Waals surface area contributed by atoms with Crippen molar-refractivity contribution in [2.45, 2.75) is 51.2 Å². The van der Waals surface area contributed by atoms with Crippen molar-refractivity contribution in [1.82, 2.24) is 24.7 Å². The third kappa shape index (κ3) is 3.29. The van der Waals surface area contributed by atoms with Crippen LogP contribution in [0.2, 0.25) is 0 Å². The van der Waals surface area contributed by atoms with E-state index in [1.165, 1.54) is 25.7 Å². The monoisotopic (exact) mass is 331 g/mol. The molecular formula is C18H29N5O. The van der Waals surface area contributed by atoms with Crippen LogP contribution in [-0.4, -0.2) is 63.6 Å². The average Bonchev–Trinajstić information content (AvgIpc) is 3.32. The maximum absolute atomic E-state index is 12.5. The molecule has 3 fully saturated rings. The molecule has 0 unspecified atom stereocenters. The lowest BCUT2D eigenvalue weighted by Crippen LogP contribution is -2.56. The molecule has 2 heterocycles. The molecule has 2 amide bonds. The molecule has 4 atom stereocenters. The topological polar surface area (TPSA) is 53.4 Å². The maximum atomic E-state index is 12.5. The molecule has 132 valence electrons. The van der Waals surface area contributed by atoms with Crippen LogP contribution < -0.4 is 5.32 Å². The second kappa shape index (κ2) is 6.75. The second-order valence-corrected chi connectivity index (χ2v) is 7.88. The summed E-state index contributed by atoms with van der Waals surface area (Å²) in [6, 6.07) is 0.986. The Bertz CT molecular complexity index is 552. The van der Waals surface area contributed by atoms with Crippen LogP contribution in [0, 0.1) is 11.8 Å². The van der Waals surface area contributed by atoms with Gasteiger partial charge in [0.15, 0.2) is 0 Å². The fourth-order valence-electron chi connectivity index (χ4n) is 4.97. The van der Waals surface area contributed by atoms with E-state index >= 15 is 0 Å². The van der Waals surface area contributed by atoms with Gasteiger partial charge in [-0.15, -0.1) is 0 Å². The van der Waals surface area contributed by atoms with E-state index in [9.17, 15) is 4.79 Å². The van der Waals surface area contributed by atoms with Crippen molar-refractivity contribution in [2.24, 2.45) is 11.8 Å². The van der Waals surface area contributed by atoms with Crippen molar-refractivity contribution >= 4 is 6.03 Å². The summed E-state index contributed by atoms with van der Waals surface area (Å²) in [5.41, 5.74) is 0. The standard InChI is InChI=1S/C18H29N5O/c1-14(12-21-5-4-19-13-21)20-18(24)23-8-6-22(7-9-23)17-11-15-2-3-16(17)10-15/h4-5,13-17H,2-3,6-12H2,1H3,(H,20,24)/t14-,15-,16-,17-/m0/s1. The molecule has 1 aromatic heterocycles. The minimum absolute atomic E-state index is 0.0789. The minimum atomic E-state index is 0.0789. The Kier molecular flexibility index (Phi) is 4.48. The lowest BCUT2D eigenvalue weighted by Gasteiger charge is -2.41. The molecule has 1 aromatic rings. The molecule has 6 nitrogen and oxygen atoms in total. The SMILES string of the molecule is C[C@@H](Cn1ccnc1)NC(=O)N1CCN([C@H]2C[C@H]3CC[C@H]2C3)CC1. The molecule has 1 aliphatic heterocycles. The normalized spacial score (nSPS) is 31.4. The fraction of sp³-hybridized carbons (Fsp3) is 0.778. The number of carbonyl (C=O) groups is 1. The third-order valence-corrected chi connectivity index (χ3v) is 6.19. The predicted octanol–water partition coefficient (Wildman–Crippen LogP) is 1.79. The van der Waals surface area contributed by atoms with Gasteiger partial charge in [-0.2, -0.15) is 0 Å². The van der Waals surface area contributed by atoms with Gasteiger partial charge >= 0.3 is 6.03 Å². The zero-order valence-electron chi connectivity index (χ0n) is 14.6. The molecule has 1 saturated heterocycles. The lowest BCUT2D eigenvalue weighted by atomic mass is 9.93. The lowest BCUT2D eigenvalue weighted by molar-refractivity contribution is 0.0819. The van der Waals surface area contributed by atoms with Crippen LogP contribution in [-0.2, 0) is 6.54 Å². The molecule has 24 heavy (non-hydrogen) atoms. The number of amides is 2. The van der Waals surface area contributed by atoms with Crippen molar-refractivity contribution in [1.29, 1.82) is 0 Å². The Balaban J connectivity index is 1.22. The molecule has 2 bridgehead atoms. The number of piperazine rings is 1. The Morgan fingerprint density at radius 2 is 2.08 bits per heavy atom. The summed E-state index contributed by atoms with van der Waals surface area (Å²) in [6.07, 6.45) is 11.2. The highest BCUT2D eigenvalue weighted by molar-refractivity contribution is 5.74. The van der Waals surface area contributed by atoms with Crippen molar-refractivity contribution in [3.8, 4) is 0 Å². The van der Waals surface area contributed by atoms with Crippen LogP contribution in [0.5, 0.6) is 0 Å². The Hall–Kier alpha value is -1.56. The Morgan fingerprint density at radius 3 is 2.71 bits per heavy atom. The highest BCUT2D eigenvalue weighted by Crippen LogP contribution is 2.46. The van der Waals surface area contributed by atoms with Crippen molar-refractivity contribution in [3.05, 3.63) is 18.7 Å². The van der Waals surface area contributed by atoms with Crippen LogP contribution in [0.1, 0.15) is 32.6 Å². The first kappa shape index (κ1) is 15.9. The van der Waals surface area contributed by atoms with Crippen LogP contribution in [0.15, 0.2) is 18.7 Å². The zero-order valence-corrected chi connectivity index (χ0v) is 14.6. The van der Waals surface area contributed by atoms with Gasteiger partial charge in [0.1, 0.15) is 0 Å². The molecule has 1 N–H and O–H groups in total. The zero-order chi connectivity index (χ0) is 16.5. The molecule has 2 aliphatic carbocycles. The van der Waals surface area contributed by atoms with Gasteiger partial charge in [0.25, 0.3) is 0 Å². The van der Waals surface area contributed by atoms with E-state index in [4.69, 9.17) is 0 Å². The summed E-state index contributed by atoms with van der Waals surface area (Å²) in [7, 11) is 0. The summed E-state index contributed by atoms with van der Waals surface area (Å²) in [4.78, 5) is 21.1. The quantitative estimate of drug-likeness (QED) is 0.915. The van der Waals surface area contributed by atoms with E-state index in [1.807, 2.05) is 22.6 Å². The number of nitrogens with one attached hydrogen (secondary N) is 1. The van der Waals surface area contributed by atoms with Gasteiger partial charge in [0, 0.05) is 57.2 Å². The van der Waals surface area contributed by atoms with Crippen LogP contribution >= 0.6 is 0 Å². The van der Waals surface area contributed by atoms with Crippen molar-refractivity contribution in [2.75, 3.05) is 26.2 Å². The molecule has 6 heteroatoms. The summed E-state index contributed by atoms with van der Waals surface area (Å²) in [5.74, 6) is 1.93. The minimum Gasteiger partial charge on any atom is -0.335 e. The van der Waals surface area contributed by atoms with E-state index in [0.29, 0.717) is 0 Å². The molecule has 3 aliphatic rings. The van der Waals surface area contributed by atoms with E-state index < -0.39 is 0 Å². The van der Waals surface area contributed by atoms with Crippen LogP contribution in [0.25, 0.3) is 0 Å². The number of imidazole rings is 1. The summed E-state index contributed by atoms with van der Waals surface area (Å²) in [5, 5.41) is 3.12. The smallest absolute Gasteiger partial charge is 0.317 e. The van der Waals surface area contributed by atoms with Crippen molar-refractivity contribution < 1.29 is 4.79 Å². The number of urea groups is 1. The largest absolute Gasteiger partial charge is 0.335 e. The fourth-order valence-corrected chi connectivity index (χ4v) is 4.97. The molecule has 4 rings (SSSR count). The average molecular weight is 331 g/mol. The molecular weight excluding hydrogens is 302 g/mol. The number of hydrogen-bond acceptors (Lipinski definition) is 3.